The van der Waals surface area contributed by atoms with Crippen molar-refractivity contribution in [1.82, 2.24) is 25.3 Å². The molecule has 0 radical (unpaired) electrons. The number of hydrogen-bond acceptors (Lipinski definition) is 3. The first-order valence-corrected chi connectivity index (χ1v) is 8.06. The number of carbonyl (C=O) groups is 1. The van der Waals surface area contributed by atoms with E-state index in [1.54, 1.807) is 23.3 Å². The van der Waals surface area contributed by atoms with Crippen LogP contribution in [-0.4, -0.2) is 25.9 Å². The zero-order chi connectivity index (χ0) is 17.2. The smallest absolute Gasteiger partial charge is 0.253 e. The fourth-order valence-electron chi connectivity index (χ4n) is 2.88. The van der Waals surface area contributed by atoms with Gasteiger partial charge in [-0.25, -0.2) is 4.68 Å². The Bertz CT molecular complexity index is 1000. The van der Waals surface area contributed by atoms with Gasteiger partial charge in [-0.3, -0.25) is 4.79 Å². The number of fused-ring (bicyclic) bond motifs is 1. The van der Waals surface area contributed by atoms with Crippen molar-refractivity contribution in [2.45, 2.75) is 13.0 Å². The molecule has 0 aliphatic carbocycles. The van der Waals surface area contributed by atoms with E-state index in [2.05, 4.69) is 20.6 Å². The van der Waals surface area contributed by atoms with E-state index in [4.69, 9.17) is 0 Å². The van der Waals surface area contributed by atoms with Crippen LogP contribution in [0.4, 0.5) is 0 Å². The van der Waals surface area contributed by atoms with Crippen LogP contribution in [0.25, 0.3) is 16.6 Å². The first kappa shape index (κ1) is 15.1. The predicted molar refractivity (Wildman–Crippen MR) is 95.5 cm³/mol. The summed E-state index contributed by atoms with van der Waals surface area (Å²) >= 11 is 0. The van der Waals surface area contributed by atoms with Crippen molar-refractivity contribution in [2.75, 3.05) is 0 Å². The fraction of sp³-hybridized carbons (Fsp3) is 0.105. The van der Waals surface area contributed by atoms with Gasteiger partial charge >= 0.3 is 0 Å². The number of benzene rings is 2. The van der Waals surface area contributed by atoms with Crippen molar-refractivity contribution in [1.29, 1.82) is 0 Å². The molecule has 0 aliphatic heterocycles. The Balaban J connectivity index is 1.51. The van der Waals surface area contributed by atoms with E-state index in [0.29, 0.717) is 5.56 Å². The Morgan fingerprint density at radius 1 is 1.16 bits per heavy atom. The first-order chi connectivity index (χ1) is 12.2. The lowest BCUT2D eigenvalue weighted by Gasteiger charge is -2.14. The van der Waals surface area contributed by atoms with Gasteiger partial charge in [0.05, 0.1) is 29.7 Å². The monoisotopic (exact) mass is 331 g/mol. The third kappa shape index (κ3) is 2.89. The van der Waals surface area contributed by atoms with E-state index in [9.17, 15) is 4.79 Å². The van der Waals surface area contributed by atoms with Gasteiger partial charge in [-0.05, 0) is 30.7 Å². The largest absolute Gasteiger partial charge is 0.360 e. The van der Waals surface area contributed by atoms with Crippen molar-refractivity contribution < 1.29 is 4.79 Å². The molecule has 4 aromatic rings. The Morgan fingerprint density at radius 3 is 2.72 bits per heavy atom. The fourth-order valence-corrected chi connectivity index (χ4v) is 2.88. The van der Waals surface area contributed by atoms with Crippen LogP contribution >= 0.6 is 0 Å². The second-order valence-corrected chi connectivity index (χ2v) is 5.88. The highest BCUT2D eigenvalue weighted by Gasteiger charge is 2.15. The maximum Gasteiger partial charge on any atom is 0.253 e. The third-order valence-corrected chi connectivity index (χ3v) is 4.26. The van der Waals surface area contributed by atoms with Crippen LogP contribution in [0.5, 0.6) is 0 Å². The Kier molecular flexibility index (Phi) is 3.78. The number of nitrogens with one attached hydrogen (secondary N) is 2. The molecule has 0 saturated carbocycles. The molecule has 1 atom stereocenters. The van der Waals surface area contributed by atoms with Gasteiger partial charge in [0.1, 0.15) is 0 Å². The number of amides is 1. The summed E-state index contributed by atoms with van der Waals surface area (Å²) in [5.74, 6) is -0.0923. The Hall–Kier alpha value is -3.41. The molecule has 1 amide bonds. The minimum Gasteiger partial charge on any atom is -0.360 e. The second-order valence-electron chi connectivity index (χ2n) is 5.88. The number of hydrogen-bond donors (Lipinski definition) is 2. The van der Waals surface area contributed by atoms with Crippen molar-refractivity contribution in [2.24, 2.45) is 0 Å². The number of para-hydroxylation sites is 1. The van der Waals surface area contributed by atoms with Crippen molar-refractivity contribution in [3.8, 4) is 5.69 Å². The van der Waals surface area contributed by atoms with E-state index < -0.39 is 0 Å². The molecule has 0 spiro atoms. The van der Waals surface area contributed by atoms with Crippen LogP contribution in [0, 0.1) is 0 Å². The molecule has 2 heterocycles. The Labute approximate surface area is 144 Å². The van der Waals surface area contributed by atoms with Crippen LogP contribution in [0.2, 0.25) is 0 Å². The number of carbonyl (C=O) groups excluding carboxylic acids is 1. The normalized spacial score (nSPS) is 12.2. The van der Waals surface area contributed by atoms with Crippen LogP contribution in [-0.2, 0) is 0 Å². The first-order valence-electron chi connectivity index (χ1n) is 8.06. The van der Waals surface area contributed by atoms with Crippen LogP contribution < -0.4 is 5.32 Å². The summed E-state index contributed by atoms with van der Waals surface area (Å²) in [5, 5.41) is 11.7. The van der Waals surface area contributed by atoms with Gasteiger partial charge in [0.2, 0.25) is 0 Å². The van der Waals surface area contributed by atoms with Crippen molar-refractivity contribution >= 4 is 16.8 Å². The van der Waals surface area contributed by atoms with Gasteiger partial charge in [0.25, 0.3) is 5.91 Å². The SMILES string of the molecule is C[C@@H](NC(=O)c1c[nH]c2ccccc12)c1ccc(-n2ccnn2)cc1. The minimum absolute atomic E-state index is 0.0923. The van der Waals surface area contributed by atoms with Crippen LogP contribution in [0.3, 0.4) is 0 Å². The number of nitrogens with zero attached hydrogens (tertiary/aromatic N) is 3. The zero-order valence-electron chi connectivity index (χ0n) is 13.7. The number of aromatic amines is 1. The lowest BCUT2D eigenvalue weighted by atomic mass is 10.1. The summed E-state index contributed by atoms with van der Waals surface area (Å²) in [6, 6.07) is 15.5. The summed E-state index contributed by atoms with van der Waals surface area (Å²) in [6.07, 6.45) is 5.18. The summed E-state index contributed by atoms with van der Waals surface area (Å²) in [5.41, 5.74) is 3.56. The quantitative estimate of drug-likeness (QED) is 0.603. The molecule has 4 rings (SSSR count). The van der Waals surface area contributed by atoms with E-state index in [1.807, 2.05) is 55.5 Å². The highest BCUT2D eigenvalue weighted by atomic mass is 16.1. The molecule has 0 fully saturated rings. The van der Waals surface area contributed by atoms with Gasteiger partial charge in [-0.2, -0.15) is 0 Å². The molecule has 2 aromatic heterocycles. The average molecular weight is 331 g/mol. The van der Waals surface area contributed by atoms with E-state index >= 15 is 0 Å². The molecule has 25 heavy (non-hydrogen) atoms. The highest BCUT2D eigenvalue weighted by Crippen LogP contribution is 2.20. The molecule has 124 valence electrons. The van der Waals surface area contributed by atoms with Crippen LogP contribution in [0.15, 0.2) is 67.1 Å². The molecule has 6 heteroatoms. The summed E-state index contributed by atoms with van der Waals surface area (Å²) in [7, 11) is 0. The third-order valence-electron chi connectivity index (χ3n) is 4.26. The topological polar surface area (TPSA) is 75.6 Å². The van der Waals surface area contributed by atoms with Gasteiger partial charge in [-0.1, -0.05) is 35.5 Å². The van der Waals surface area contributed by atoms with Gasteiger partial charge < -0.3 is 10.3 Å². The van der Waals surface area contributed by atoms with Gasteiger partial charge in [0.15, 0.2) is 0 Å². The van der Waals surface area contributed by atoms with Gasteiger partial charge in [0, 0.05) is 17.1 Å². The summed E-state index contributed by atoms with van der Waals surface area (Å²) in [6.45, 7) is 1.97. The molecule has 0 saturated heterocycles. The highest BCUT2D eigenvalue weighted by molar-refractivity contribution is 6.06. The lowest BCUT2D eigenvalue weighted by molar-refractivity contribution is 0.0941. The molecule has 6 nitrogen and oxygen atoms in total. The number of aromatic nitrogens is 4. The van der Waals surface area contributed by atoms with E-state index in [-0.39, 0.29) is 11.9 Å². The van der Waals surface area contributed by atoms with Crippen molar-refractivity contribution in [3.05, 3.63) is 78.2 Å². The van der Waals surface area contributed by atoms with Crippen LogP contribution in [0.1, 0.15) is 28.9 Å². The number of H-pyrrole nitrogens is 1. The number of rotatable bonds is 4. The van der Waals surface area contributed by atoms with Crippen molar-refractivity contribution in [3.63, 3.8) is 0 Å². The molecule has 0 unspecified atom stereocenters. The zero-order valence-corrected chi connectivity index (χ0v) is 13.7. The maximum absolute atomic E-state index is 12.6. The second kappa shape index (κ2) is 6.24. The van der Waals surface area contributed by atoms with Gasteiger partial charge in [-0.15, -0.1) is 5.10 Å². The molecule has 2 N–H and O–H groups in total. The minimum atomic E-state index is -0.106. The maximum atomic E-state index is 12.6. The predicted octanol–water partition coefficient (Wildman–Crippen LogP) is 3.24. The lowest BCUT2D eigenvalue weighted by Crippen LogP contribution is -2.26. The molecular weight excluding hydrogens is 314 g/mol. The van der Waals surface area contributed by atoms with E-state index in [1.165, 1.54) is 0 Å². The summed E-state index contributed by atoms with van der Waals surface area (Å²) in [4.78, 5) is 15.7. The molecule has 0 bridgehead atoms. The van der Waals surface area contributed by atoms with E-state index in [0.717, 1.165) is 22.2 Å². The molecule has 2 aromatic carbocycles. The average Bonchev–Trinajstić information content (AvgIpc) is 3.31. The standard InChI is InChI=1S/C19H17N5O/c1-13(14-6-8-15(9-7-14)24-11-10-21-23-24)22-19(25)17-12-20-18-5-3-2-4-16(17)18/h2-13,20H,1H3,(H,22,25)/t13-/m1/s1. The summed E-state index contributed by atoms with van der Waals surface area (Å²) < 4.78 is 1.69. The molecule has 0 aliphatic rings. The Morgan fingerprint density at radius 2 is 1.96 bits per heavy atom. The molecular formula is C19H17N5O.